The number of anilines is 1. The predicted molar refractivity (Wildman–Crippen MR) is 143 cm³/mol. The number of hydrogen-bond donors (Lipinski definition) is 1. The van der Waals surface area contributed by atoms with Gasteiger partial charge in [0.15, 0.2) is 11.5 Å². The Morgan fingerprint density at radius 2 is 1.86 bits per heavy atom. The molecule has 0 amide bonds. The van der Waals surface area contributed by atoms with Gasteiger partial charge in [0.05, 0.1) is 12.2 Å². The summed E-state index contributed by atoms with van der Waals surface area (Å²) in [7, 11) is 0. The number of nitrogens with zero attached hydrogens (tertiary/aromatic N) is 4. The minimum absolute atomic E-state index is 0.178. The predicted octanol–water partition coefficient (Wildman–Crippen LogP) is 7.16. The van der Waals surface area contributed by atoms with Gasteiger partial charge < -0.3 is 14.6 Å². The third-order valence-electron chi connectivity index (χ3n) is 6.73. The van der Waals surface area contributed by atoms with Gasteiger partial charge in [-0.1, -0.05) is 41.8 Å². The highest BCUT2D eigenvalue weighted by atomic mass is 35.5. The van der Waals surface area contributed by atoms with E-state index in [2.05, 4.69) is 39.8 Å². The summed E-state index contributed by atoms with van der Waals surface area (Å²) < 4.78 is 8.14. The molecule has 5 rings (SSSR count). The maximum atomic E-state index is 6.38. The van der Waals surface area contributed by atoms with Gasteiger partial charge in [0.2, 0.25) is 5.28 Å². The van der Waals surface area contributed by atoms with Gasteiger partial charge in [-0.25, -0.2) is 4.98 Å². The highest BCUT2D eigenvalue weighted by molar-refractivity contribution is 6.30. The van der Waals surface area contributed by atoms with Crippen molar-refractivity contribution in [3.63, 3.8) is 0 Å². The van der Waals surface area contributed by atoms with Gasteiger partial charge in [-0.15, -0.1) is 0 Å². The van der Waals surface area contributed by atoms with Crippen molar-refractivity contribution in [1.29, 1.82) is 0 Å². The van der Waals surface area contributed by atoms with Crippen LogP contribution < -0.4 is 10.1 Å². The fourth-order valence-corrected chi connectivity index (χ4v) is 4.91. The molecule has 0 spiro atoms. The lowest BCUT2D eigenvalue weighted by molar-refractivity contribution is 0.285. The van der Waals surface area contributed by atoms with Crippen molar-refractivity contribution >= 4 is 40.2 Å². The first kappa shape index (κ1) is 23.9. The van der Waals surface area contributed by atoms with Crippen LogP contribution in [0.15, 0.2) is 42.5 Å². The molecule has 1 aliphatic carbocycles. The largest absolute Gasteiger partial charge is 0.493 e. The molecule has 1 fully saturated rings. The van der Waals surface area contributed by atoms with Crippen molar-refractivity contribution in [3.8, 4) is 17.1 Å². The van der Waals surface area contributed by atoms with Crippen molar-refractivity contribution in [2.45, 2.75) is 52.6 Å². The molecule has 0 aliphatic heterocycles. The maximum Gasteiger partial charge on any atom is 0.226 e. The lowest BCUT2D eigenvalue weighted by Crippen LogP contribution is -2.31. The molecule has 2 aromatic heterocycles. The zero-order chi connectivity index (χ0) is 24.5. The fourth-order valence-electron chi connectivity index (χ4n) is 4.62. The number of hydrogen-bond acceptors (Lipinski definition) is 5. The minimum atomic E-state index is 0.178. The second kappa shape index (κ2) is 10.0. The van der Waals surface area contributed by atoms with Gasteiger partial charge in [-0.05, 0) is 81.0 Å². The van der Waals surface area contributed by atoms with E-state index in [1.54, 1.807) is 0 Å². The quantitative estimate of drug-likeness (QED) is 0.255. The van der Waals surface area contributed by atoms with Gasteiger partial charge >= 0.3 is 0 Å². The number of aromatic nitrogens is 4. The van der Waals surface area contributed by atoms with Crippen molar-refractivity contribution in [3.05, 3.63) is 63.9 Å². The van der Waals surface area contributed by atoms with Crippen molar-refractivity contribution < 1.29 is 4.74 Å². The molecule has 2 aromatic carbocycles. The van der Waals surface area contributed by atoms with E-state index >= 15 is 0 Å². The Morgan fingerprint density at radius 3 is 2.54 bits per heavy atom. The second-order valence-corrected chi connectivity index (χ2v) is 9.99. The van der Waals surface area contributed by atoms with Crippen LogP contribution in [0.4, 0.5) is 5.82 Å². The summed E-state index contributed by atoms with van der Waals surface area (Å²) in [6.07, 6.45) is 3.74. The van der Waals surface area contributed by atoms with E-state index in [-0.39, 0.29) is 11.3 Å². The number of halogens is 2. The summed E-state index contributed by atoms with van der Waals surface area (Å²) in [5, 5.41) is 4.51. The number of aryl methyl sites for hydroxylation is 1. The van der Waals surface area contributed by atoms with E-state index in [1.807, 2.05) is 43.3 Å². The van der Waals surface area contributed by atoms with Crippen LogP contribution in [0.2, 0.25) is 10.3 Å². The molecule has 1 unspecified atom stereocenters. The minimum Gasteiger partial charge on any atom is -0.493 e. The van der Waals surface area contributed by atoms with Crippen LogP contribution in [0, 0.1) is 12.8 Å². The second-order valence-electron chi connectivity index (χ2n) is 9.22. The van der Waals surface area contributed by atoms with Crippen molar-refractivity contribution in [1.82, 2.24) is 19.5 Å². The molecule has 182 valence electrons. The van der Waals surface area contributed by atoms with Crippen LogP contribution in [-0.4, -0.2) is 32.2 Å². The molecular formula is C27H29Cl2N5O. The lowest BCUT2D eigenvalue weighted by Gasteiger charge is -2.32. The Hall–Kier alpha value is -2.83. The topological polar surface area (TPSA) is 64.9 Å². The smallest absolute Gasteiger partial charge is 0.226 e. The van der Waals surface area contributed by atoms with E-state index in [0.29, 0.717) is 35.6 Å². The highest BCUT2D eigenvalue weighted by Crippen LogP contribution is 2.37. The van der Waals surface area contributed by atoms with Crippen LogP contribution in [0.25, 0.3) is 22.6 Å². The fraction of sp³-hybridized carbons (Fsp3) is 0.370. The number of nitrogens with one attached hydrogen (secondary N) is 1. The lowest BCUT2D eigenvalue weighted by atomic mass is 9.80. The molecule has 0 radical (unpaired) electrons. The molecule has 1 atom stereocenters. The molecule has 1 aliphatic rings. The zero-order valence-electron chi connectivity index (χ0n) is 20.2. The average molecular weight is 510 g/mol. The molecule has 0 bridgehead atoms. The summed E-state index contributed by atoms with van der Waals surface area (Å²) >= 11 is 12.5. The Labute approximate surface area is 215 Å². The SMILES string of the molecule is CCOc1ccc(C)cc1-c1nc2nc(Cl)nc(NC(C)C3CCC3)c2n1Cc1ccc(Cl)cc1. The number of rotatable bonds is 8. The first-order chi connectivity index (χ1) is 16.9. The van der Waals surface area contributed by atoms with Crippen LogP contribution in [0.5, 0.6) is 5.75 Å². The van der Waals surface area contributed by atoms with E-state index < -0.39 is 0 Å². The molecule has 1 saturated carbocycles. The van der Waals surface area contributed by atoms with Gasteiger partial charge in [-0.2, -0.15) is 9.97 Å². The van der Waals surface area contributed by atoms with E-state index in [0.717, 1.165) is 33.8 Å². The van der Waals surface area contributed by atoms with Crippen LogP contribution >= 0.6 is 23.2 Å². The Balaban J connectivity index is 1.71. The highest BCUT2D eigenvalue weighted by Gasteiger charge is 2.27. The van der Waals surface area contributed by atoms with Crippen LogP contribution in [-0.2, 0) is 6.54 Å². The Kier molecular flexibility index (Phi) is 6.85. The molecule has 4 aromatic rings. The summed E-state index contributed by atoms with van der Waals surface area (Å²) in [5.74, 6) is 2.88. The first-order valence-electron chi connectivity index (χ1n) is 12.1. The van der Waals surface area contributed by atoms with E-state index in [9.17, 15) is 0 Å². The standard InChI is InChI=1S/C27H29Cl2N5O/c1-4-35-22-13-8-16(2)14-21(22)26-31-25-23(34(26)15-18-9-11-20(28)12-10-18)24(32-27(29)33-25)30-17(3)19-6-5-7-19/h8-14,17,19H,4-7,15H2,1-3H3,(H,30,32,33). The van der Waals surface area contributed by atoms with E-state index in [4.69, 9.17) is 32.9 Å². The summed E-state index contributed by atoms with van der Waals surface area (Å²) in [5.41, 5.74) is 4.51. The molecule has 35 heavy (non-hydrogen) atoms. The van der Waals surface area contributed by atoms with Crippen LogP contribution in [0.3, 0.4) is 0 Å². The maximum absolute atomic E-state index is 6.38. The van der Waals surface area contributed by atoms with Gasteiger partial charge in [-0.3, -0.25) is 0 Å². The van der Waals surface area contributed by atoms with Gasteiger partial charge in [0.25, 0.3) is 0 Å². The van der Waals surface area contributed by atoms with Crippen molar-refractivity contribution in [2.75, 3.05) is 11.9 Å². The zero-order valence-corrected chi connectivity index (χ0v) is 21.7. The third-order valence-corrected chi connectivity index (χ3v) is 7.15. The van der Waals surface area contributed by atoms with Crippen molar-refractivity contribution in [2.24, 2.45) is 5.92 Å². The Morgan fingerprint density at radius 1 is 1.09 bits per heavy atom. The van der Waals surface area contributed by atoms with E-state index in [1.165, 1.54) is 19.3 Å². The van der Waals surface area contributed by atoms with Gasteiger partial charge in [0, 0.05) is 17.6 Å². The summed E-state index contributed by atoms with van der Waals surface area (Å²) in [4.78, 5) is 14.1. The normalized spacial score (nSPS) is 14.7. The molecule has 2 heterocycles. The molecule has 1 N–H and O–H groups in total. The summed E-state index contributed by atoms with van der Waals surface area (Å²) in [6, 6.07) is 14.3. The monoisotopic (exact) mass is 509 g/mol. The number of ether oxygens (including phenoxy) is 1. The molecular weight excluding hydrogens is 481 g/mol. The molecule has 8 heteroatoms. The van der Waals surface area contributed by atoms with Gasteiger partial charge in [0.1, 0.15) is 17.1 Å². The number of fused-ring (bicyclic) bond motifs is 1. The number of benzene rings is 2. The third kappa shape index (κ3) is 4.95. The number of imidazole rings is 1. The molecule has 0 saturated heterocycles. The molecule has 6 nitrogen and oxygen atoms in total. The average Bonchev–Trinajstić information content (AvgIpc) is 3.13. The summed E-state index contributed by atoms with van der Waals surface area (Å²) in [6.45, 7) is 7.38. The first-order valence-corrected chi connectivity index (χ1v) is 12.9. The van der Waals surface area contributed by atoms with Crippen LogP contribution in [0.1, 0.15) is 44.2 Å². The Bertz CT molecular complexity index is 1350.